The number of aliphatic hydroxyl groups is 1. The largest absolute Gasteiger partial charge is 0.454 e. The number of imide groups is 1. The van der Waals surface area contributed by atoms with Gasteiger partial charge in [-0.1, -0.05) is 36.4 Å². The molecule has 168 valence electrons. The highest BCUT2D eigenvalue weighted by molar-refractivity contribution is 6.04. The van der Waals surface area contributed by atoms with Crippen LogP contribution in [0.4, 0.5) is 4.79 Å². The van der Waals surface area contributed by atoms with Gasteiger partial charge in [0.25, 0.3) is 5.91 Å². The summed E-state index contributed by atoms with van der Waals surface area (Å²) in [6.07, 6.45) is 0.739. The highest BCUT2D eigenvalue weighted by Gasteiger charge is 2.38. The van der Waals surface area contributed by atoms with Gasteiger partial charge in [0.2, 0.25) is 12.7 Å². The van der Waals surface area contributed by atoms with Gasteiger partial charge in [0, 0.05) is 6.42 Å². The number of rotatable bonds is 9. The van der Waals surface area contributed by atoms with Crippen LogP contribution in [0.5, 0.6) is 11.5 Å². The molecule has 32 heavy (non-hydrogen) atoms. The molecular weight excluding hydrogens is 414 g/mol. The van der Waals surface area contributed by atoms with Crippen molar-refractivity contribution in [3.63, 3.8) is 0 Å². The number of benzene rings is 2. The molecule has 9 nitrogen and oxygen atoms in total. The van der Waals surface area contributed by atoms with Gasteiger partial charge in [-0.25, -0.2) is 4.79 Å². The molecule has 2 aliphatic heterocycles. The van der Waals surface area contributed by atoms with E-state index in [0.29, 0.717) is 17.9 Å². The fourth-order valence-corrected chi connectivity index (χ4v) is 3.78. The van der Waals surface area contributed by atoms with E-state index in [9.17, 15) is 19.5 Å². The summed E-state index contributed by atoms with van der Waals surface area (Å²) >= 11 is 0. The number of hydrogen-bond donors (Lipinski definition) is 3. The maximum Gasteiger partial charge on any atom is 0.325 e. The molecule has 2 atom stereocenters. The van der Waals surface area contributed by atoms with E-state index in [1.54, 1.807) is 18.2 Å². The minimum atomic E-state index is -0.760. The van der Waals surface area contributed by atoms with Gasteiger partial charge in [-0.3, -0.25) is 14.5 Å². The quantitative estimate of drug-likeness (QED) is 0.508. The number of nitrogens with zero attached hydrogens (tertiary/aromatic N) is 1. The molecule has 3 N–H and O–H groups in total. The minimum Gasteiger partial charge on any atom is -0.454 e. The Labute approximate surface area is 185 Å². The van der Waals surface area contributed by atoms with Gasteiger partial charge in [0.15, 0.2) is 11.5 Å². The zero-order valence-corrected chi connectivity index (χ0v) is 17.5. The number of aliphatic hydroxyl groups excluding tert-OH is 1. The summed E-state index contributed by atoms with van der Waals surface area (Å²) in [6.45, 7) is 0.0608. The summed E-state index contributed by atoms with van der Waals surface area (Å²) in [6, 6.07) is 13.1. The number of carbonyl (C=O) groups excluding carboxylic acids is 3. The second-order valence-electron chi connectivity index (χ2n) is 7.79. The average molecular weight is 439 g/mol. The summed E-state index contributed by atoms with van der Waals surface area (Å²) in [4.78, 5) is 38.5. The van der Waals surface area contributed by atoms with Gasteiger partial charge < -0.3 is 25.2 Å². The van der Waals surface area contributed by atoms with Crippen LogP contribution in [0.3, 0.4) is 0 Å². The Hall–Kier alpha value is -3.59. The lowest BCUT2D eigenvalue weighted by molar-refractivity contribution is -0.128. The van der Waals surface area contributed by atoms with Gasteiger partial charge in [-0.05, 0) is 36.1 Å². The van der Waals surface area contributed by atoms with Crippen LogP contribution in [0.2, 0.25) is 0 Å². The standard InChI is InChI=1S/C23H25N3O6/c27-13-17(10-15-4-2-1-3-5-15)24-21(28)9-7-18-22(29)26(23(30)25-18)12-16-6-8-19-20(11-16)32-14-31-19/h1-6,8,11,17-18,27H,7,9-10,12-14H2,(H,24,28)(H,25,30). The molecule has 9 heteroatoms. The lowest BCUT2D eigenvalue weighted by atomic mass is 10.1. The number of urea groups is 1. The van der Waals surface area contributed by atoms with Crippen molar-refractivity contribution in [2.24, 2.45) is 0 Å². The molecule has 0 saturated carbocycles. The number of hydrogen-bond acceptors (Lipinski definition) is 6. The third kappa shape index (κ3) is 5.00. The van der Waals surface area contributed by atoms with E-state index in [4.69, 9.17) is 9.47 Å². The summed E-state index contributed by atoms with van der Waals surface area (Å²) in [5.41, 5.74) is 1.74. The van der Waals surface area contributed by atoms with Crippen molar-refractivity contribution in [1.29, 1.82) is 0 Å². The topological polar surface area (TPSA) is 117 Å². The molecule has 4 rings (SSSR count). The predicted molar refractivity (Wildman–Crippen MR) is 114 cm³/mol. The second kappa shape index (κ2) is 9.69. The summed E-state index contributed by atoms with van der Waals surface area (Å²) in [5, 5.41) is 15.0. The third-order valence-electron chi connectivity index (χ3n) is 5.46. The zero-order chi connectivity index (χ0) is 22.5. The van der Waals surface area contributed by atoms with Crippen molar-refractivity contribution in [2.75, 3.05) is 13.4 Å². The van der Waals surface area contributed by atoms with E-state index >= 15 is 0 Å². The molecule has 0 radical (unpaired) electrons. The average Bonchev–Trinajstić information content (AvgIpc) is 3.37. The molecule has 0 aromatic heterocycles. The Balaban J connectivity index is 1.27. The number of nitrogens with one attached hydrogen (secondary N) is 2. The lowest BCUT2D eigenvalue weighted by Crippen LogP contribution is -2.40. The Morgan fingerprint density at radius 3 is 2.69 bits per heavy atom. The van der Waals surface area contributed by atoms with Gasteiger partial charge in [0.05, 0.1) is 19.2 Å². The Bertz CT molecular complexity index is 996. The SMILES string of the molecule is O=C(CCC1NC(=O)N(Cc2ccc3c(c2)OCO3)C1=O)NC(CO)Cc1ccccc1. The molecule has 2 heterocycles. The normalized spacial score (nSPS) is 17.9. The van der Waals surface area contributed by atoms with E-state index in [2.05, 4.69) is 10.6 Å². The van der Waals surface area contributed by atoms with Crippen molar-refractivity contribution >= 4 is 17.8 Å². The smallest absolute Gasteiger partial charge is 0.325 e. The Morgan fingerprint density at radius 2 is 1.91 bits per heavy atom. The second-order valence-corrected chi connectivity index (χ2v) is 7.79. The lowest BCUT2D eigenvalue weighted by Gasteiger charge is -2.17. The van der Waals surface area contributed by atoms with Gasteiger partial charge in [0.1, 0.15) is 6.04 Å². The van der Waals surface area contributed by atoms with Crippen molar-refractivity contribution in [3.8, 4) is 11.5 Å². The van der Waals surface area contributed by atoms with Crippen molar-refractivity contribution in [3.05, 3.63) is 59.7 Å². The highest BCUT2D eigenvalue weighted by Crippen LogP contribution is 2.33. The van der Waals surface area contributed by atoms with E-state index in [0.717, 1.165) is 16.0 Å². The summed E-state index contributed by atoms with van der Waals surface area (Å²) < 4.78 is 10.6. The maximum atomic E-state index is 12.7. The van der Waals surface area contributed by atoms with Crippen molar-refractivity contribution in [2.45, 2.75) is 37.9 Å². The molecule has 2 aromatic carbocycles. The first-order chi connectivity index (χ1) is 15.5. The fraction of sp³-hybridized carbons (Fsp3) is 0.348. The van der Waals surface area contributed by atoms with Crippen LogP contribution in [-0.4, -0.2) is 53.3 Å². The first-order valence-electron chi connectivity index (χ1n) is 10.5. The molecule has 0 spiro atoms. The van der Waals surface area contributed by atoms with Crippen LogP contribution in [0, 0.1) is 0 Å². The van der Waals surface area contributed by atoms with E-state index < -0.39 is 18.1 Å². The van der Waals surface area contributed by atoms with Crippen LogP contribution in [0.15, 0.2) is 48.5 Å². The van der Waals surface area contributed by atoms with Crippen molar-refractivity contribution in [1.82, 2.24) is 15.5 Å². The number of carbonyl (C=O) groups is 3. The maximum absolute atomic E-state index is 12.7. The highest BCUT2D eigenvalue weighted by atomic mass is 16.7. The third-order valence-corrected chi connectivity index (χ3v) is 5.46. The van der Waals surface area contributed by atoms with E-state index in [-0.39, 0.29) is 44.6 Å². The molecule has 2 aromatic rings. The van der Waals surface area contributed by atoms with Crippen molar-refractivity contribution < 1.29 is 29.0 Å². The summed E-state index contributed by atoms with van der Waals surface area (Å²) in [7, 11) is 0. The van der Waals surface area contributed by atoms with Crippen LogP contribution in [0.25, 0.3) is 0 Å². The molecule has 1 saturated heterocycles. The summed E-state index contributed by atoms with van der Waals surface area (Å²) in [5.74, 6) is 0.555. The Morgan fingerprint density at radius 1 is 1.12 bits per heavy atom. The molecule has 0 bridgehead atoms. The minimum absolute atomic E-state index is 0.0554. The van der Waals surface area contributed by atoms with Gasteiger partial charge in [-0.2, -0.15) is 0 Å². The first-order valence-corrected chi connectivity index (χ1v) is 10.5. The molecule has 2 unspecified atom stereocenters. The van der Waals surface area contributed by atoms with Crippen LogP contribution in [0.1, 0.15) is 24.0 Å². The van der Waals surface area contributed by atoms with Crippen LogP contribution in [-0.2, 0) is 22.6 Å². The predicted octanol–water partition coefficient (Wildman–Crippen LogP) is 1.34. The molecular formula is C23H25N3O6. The van der Waals surface area contributed by atoms with Gasteiger partial charge >= 0.3 is 6.03 Å². The number of fused-ring (bicyclic) bond motifs is 1. The first kappa shape index (κ1) is 21.6. The molecule has 1 fully saturated rings. The molecule has 4 amide bonds. The molecule has 2 aliphatic rings. The van der Waals surface area contributed by atoms with Crippen LogP contribution < -0.4 is 20.1 Å². The fourth-order valence-electron chi connectivity index (χ4n) is 3.78. The van der Waals surface area contributed by atoms with Gasteiger partial charge in [-0.15, -0.1) is 0 Å². The Kier molecular flexibility index (Phi) is 6.55. The zero-order valence-electron chi connectivity index (χ0n) is 17.5. The number of ether oxygens (including phenoxy) is 2. The monoisotopic (exact) mass is 439 g/mol. The van der Waals surface area contributed by atoms with E-state index in [1.165, 1.54) is 0 Å². The molecule has 0 aliphatic carbocycles. The van der Waals surface area contributed by atoms with E-state index in [1.807, 2.05) is 30.3 Å². The van der Waals surface area contributed by atoms with Crippen LogP contribution >= 0.6 is 0 Å². The number of amides is 4.